The molecule has 11 heteroatoms. The summed E-state index contributed by atoms with van der Waals surface area (Å²) in [6.07, 6.45) is -0.0419. The predicted octanol–water partition coefficient (Wildman–Crippen LogP) is 0.541. The van der Waals surface area contributed by atoms with Crippen molar-refractivity contribution < 1.29 is 43.6 Å². The Balaban J connectivity index is -0.0000000521. The molecule has 1 spiro atoms. The van der Waals surface area contributed by atoms with Gasteiger partial charge in [0.25, 0.3) is 0 Å². The van der Waals surface area contributed by atoms with Crippen molar-refractivity contribution in [3.05, 3.63) is 6.15 Å². The second kappa shape index (κ2) is 24.1. The van der Waals surface area contributed by atoms with Crippen molar-refractivity contribution in [2.24, 2.45) is 11.5 Å². The first kappa shape index (κ1) is 38.4. The summed E-state index contributed by atoms with van der Waals surface area (Å²) in [4.78, 5) is 7.71. The minimum absolute atomic E-state index is 0. The maximum Gasteiger partial charge on any atom is 0.680 e. The van der Waals surface area contributed by atoms with Crippen LogP contribution in [0.5, 0.6) is 0 Å². The van der Waals surface area contributed by atoms with E-state index in [9.17, 15) is 0 Å². The molecule has 2 aliphatic rings. The maximum absolute atomic E-state index is 7.71. The molecule has 142 valence electrons. The van der Waals surface area contributed by atoms with E-state index in [1.165, 1.54) is 0 Å². The summed E-state index contributed by atoms with van der Waals surface area (Å²) in [5.41, 5.74) is 10.2. The molecule has 1 atom stereocenters. The molecule has 2 fully saturated rings. The SMILES string of the molecule is C.C.C.CCN.C[SiH2]O.NCC1CO[Si]2(OCCO2)O1.[NH2-].[W]. The average molecular weight is 532 g/mol. The van der Waals surface area contributed by atoms with Gasteiger partial charge in [0.15, 0.2) is 9.76 Å². The van der Waals surface area contributed by atoms with Crippen molar-refractivity contribution in [1.82, 2.24) is 0 Å². The van der Waals surface area contributed by atoms with Crippen molar-refractivity contribution in [1.29, 1.82) is 0 Å². The van der Waals surface area contributed by atoms with Crippen molar-refractivity contribution in [3.63, 3.8) is 0 Å². The summed E-state index contributed by atoms with van der Waals surface area (Å²) in [7, 11) is -3.22. The van der Waals surface area contributed by atoms with E-state index in [1.54, 1.807) is 0 Å². The largest absolute Gasteiger partial charge is 0.693 e. The van der Waals surface area contributed by atoms with E-state index in [4.69, 9.17) is 34.0 Å². The van der Waals surface area contributed by atoms with Gasteiger partial charge in [0.1, 0.15) is 0 Å². The number of hydrogen-bond donors (Lipinski definition) is 3. The van der Waals surface area contributed by atoms with Crippen molar-refractivity contribution in [2.45, 2.75) is 41.9 Å². The van der Waals surface area contributed by atoms with Crippen LogP contribution in [0.4, 0.5) is 0 Å². The molecule has 7 N–H and O–H groups in total. The van der Waals surface area contributed by atoms with Gasteiger partial charge >= 0.3 is 9.05 Å². The van der Waals surface area contributed by atoms with Crippen LogP contribution in [-0.4, -0.2) is 62.6 Å². The normalized spacial score (nSPS) is 19.8. The summed E-state index contributed by atoms with van der Waals surface area (Å²) < 4.78 is 21.2. The molecule has 1 unspecified atom stereocenters. The fraction of sp³-hybridized carbons (Fsp3) is 1.00. The molecule has 0 radical (unpaired) electrons. The fourth-order valence-corrected chi connectivity index (χ4v) is 3.19. The minimum atomic E-state index is -2.63. The van der Waals surface area contributed by atoms with Crippen molar-refractivity contribution in [3.8, 4) is 0 Å². The Hall–Kier alpha value is 0.802. The van der Waals surface area contributed by atoms with Crippen LogP contribution in [0.15, 0.2) is 0 Å². The third-order valence-electron chi connectivity index (χ3n) is 1.66. The number of hydrogen-bond acceptors (Lipinski definition) is 7. The molecule has 0 amide bonds. The molecule has 0 aromatic heterocycles. The van der Waals surface area contributed by atoms with Crippen LogP contribution >= 0.6 is 0 Å². The van der Waals surface area contributed by atoms with Crippen LogP contribution in [0.3, 0.4) is 0 Å². The molecular formula is C11H38N3O5Si2W-. The molecule has 22 heavy (non-hydrogen) atoms. The van der Waals surface area contributed by atoms with Gasteiger partial charge in [-0.2, -0.15) is 0 Å². The van der Waals surface area contributed by atoms with Gasteiger partial charge in [-0.1, -0.05) is 35.8 Å². The van der Waals surface area contributed by atoms with E-state index < -0.39 is 18.8 Å². The van der Waals surface area contributed by atoms with Crippen molar-refractivity contribution >= 4 is 18.8 Å². The van der Waals surface area contributed by atoms with Gasteiger partial charge in [-0.05, 0) is 6.54 Å². The van der Waals surface area contributed by atoms with Crippen LogP contribution in [0.25, 0.3) is 6.15 Å². The van der Waals surface area contributed by atoms with Crippen LogP contribution < -0.4 is 11.5 Å². The molecule has 0 aromatic rings. The first-order valence-corrected chi connectivity index (χ1v) is 9.46. The molecule has 0 saturated carbocycles. The molecule has 0 bridgehead atoms. The van der Waals surface area contributed by atoms with E-state index in [0.717, 1.165) is 6.54 Å². The molecule has 2 saturated heterocycles. The standard InChI is InChI=1S/C5H11NO4Si.C2H7N.CH6OSi.3CH4.H2N.W/c6-3-5-4-9-11(10-5)7-1-2-8-11;1-2-3;1-3-2;;;;;/h5H,1-4,6H2;2-3H2,1H3;2H,3H2,1H3;3*1H4;1H2;/q;;;;;;-1;. The van der Waals surface area contributed by atoms with E-state index in [1.807, 2.05) is 13.5 Å². The first-order chi connectivity index (χ1) is 8.17. The zero-order valence-corrected chi connectivity index (χ0v) is 16.9. The Morgan fingerprint density at radius 2 is 1.50 bits per heavy atom. The summed E-state index contributed by atoms with van der Waals surface area (Å²) in [5, 5.41) is 0. The van der Waals surface area contributed by atoms with E-state index >= 15 is 0 Å². The topological polar surface area (TPSA) is 143 Å². The molecule has 8 nitrogen and oxygen atoms in total. The van der Waals surface area contributed by atoms with Gasteiger partial charge in [0.2, 0.25) is 0 Å². The molecule has 2 aliphatic heterocycles. The summed E-state index contributed by atoms with van der Waals surface area (Å²) in [6.45, 7) is 6.58. The van der Waals surface area contributed by atoms with Gasteiger partial charge in [0.05, 0.1) is 25.9 Å². The maximum atomic E-state index is 7.71. The van der Waals surface area contributed by atoms with E-state index in [0.29, 0.717) is 26.4 Å². The monoisotopic (exact) mass is 532 g/mol. The van der Waals surface area contributed by atoms with Gasteiger partial charge in [-0.3, -0.25) is 0 Å². The molecule has 2 rings (SSSR count). The van der Waals surface area contributed by atoms with Gasteiger partial charge in [0, 0.05) is 27.6 Å². The Labute approximate surface area is 154 Å². The molecule has 0 aliphatic carbocycles. The Kier molecular flexibility index (Phi) is 42.0. The molecule has 2 heterocycles. The third kappa shape index (κ3) is 15.7. The predicted molar refractivity (Wildman–Crippen MR) is 94.4 cm³/mol. The summed E-state index contributed by atoms with van der Waals surface area (Å²) in [6, 6.07) is 0. The second-order valence-electron chi connectivity index (χ2n) is 3.21. The van der Waals surface area contributed by atoms with Crippen LogP contribution in [-0.2, 0) is 38.8 Å². The number of nitrogens with two attached hydrogens (primary N) is 3. The van der Waals surface area contributed by atoms with Crippen LogP contribution in [0, 0.1) is 0 Å². The minimum Gasteiger partial charge on any atom is -0.693 e. The van der Waals surface area contributed by atoms with Crippen LogP contribution in [0.1, 0.15) is 29.2 Å². The summed E-state index contributed by atoms with van der Waals surface area (Å²) >= 11 is 0. The molecule has 0 aromatic carbocycles. The van der Waals surface area contributed by atoms with Gasteiger partial charge in [-0.15, -0.1) is 0 Å². The van der Waals surface area contributed by atoms with Crippen LogP contribution in [0.2, 0.25) is 6.55 Å². The smallest absolute Gasteiger partial charge is 0.680 e. The van der Waals surface area contributed by atoms with E-state index in [-0.39, 0.29) is 55.6 Å². The zero-order chi connectivity index (χ0) is 13.1. The zero-order valence-electron chi connectivity index (χ0n) is 11.5. The second-order valence-corrected chi connectivity index (χ2v) is 5.94. The number of rotatable bonds is 1. The Bertz CT molecular complexity index is 193. The quantitative estimate of drug-likeness (QED) is 0.419. The third-order valence-corrected chi connectivity index (χ3v) is 3.92. The Morgan fingerprint density at radius 3 is 1.77 bits per heavy atom. The van der Waals surface area contributed by atoms with Crippen molar-refractivity contribution in [2.75, 3.05) is 32.9 Å². The molecular weight excluding hydrogens is 494 g/mol. The fourth-order valence-electron chi connectivity index (χ4n) is 1.11. The van der Waals surface area contributed by atoms with Gasteiger partial charge in [-0.25, -0.2) is 0 Å². The van der Waals surface area contributed by atoms with E-state index in [2.05, 4.69) is 0 Å². The average Bonchev–Trinajstić information content (AvgIpc) is 2.92. The Morgan fingerprint density at radius 1 is 1.14 bits per heavy atom. The summed E-state index contributed by atoms with van der Waals surface area (Å²) in [5.74, 6) is 0. The van der Waals surface area contributed by atoms with Gasteiger partial charge < -0.3 is 40.1 Å². The first-order valence-electron chi connectivity index (χ1n) is 5.78.